The van der Waals surface area contributed by atoms with Crippen molar-refractivity contribution in [1.29, 1.82) is 0 Å². The van der Waals surface area contributed by atoms with Gasteiger partial charge in [0.05, 0.1) is 4.90 Å². The fourth-order valence-electron chi connectivity index (χ4n) is 4.87. The van der Waals surface area contributed by atoms with E-state index in [-0.39, 0.29) is 10.8 Å². The molecule has 0 aromatic heterocycles. The predicted molar refractivity (Wildman–Crippen MR) is 108 cm³/mol. The van der Waals surface area contributed by atoms with Gasteiger partial charge in [-0.1, -0.05) is 48.6 Å². The summed E-state index contributed by atoms with van der Waals surface area (Å²) < 4.78 is 23.5. The highest BCUT2D eigenvalue weighted by molar-refractivity contribution is 7.89. The average Bonchev–Trinajstić information content (AvgIpc) is 3.16. The Labute approximate surface area is 159 Å². The van der Waals surface area contributed by atoms with Crippen LogP contribution >= 0.6 is 0 Å². The summed E-state index contributed by atoms with van der Waals surface area (Å²) >= 11 is 0. The molecular formula is C22H22N2O2S. The molecule has 1 aliphatic heterocycles. The standard InChI is InChI=1S/C22H22N2O2S/c23-27(25,26)17-10-11-21-20(13-17)18-6-3-7-19(18)22(24-21)16-9-8-14-4-1-2-5-15(14)12-16/h1-6,8,10-13,16,18-19,22,24H,7,9H2,(H2,23,25,26)/t16?,18-,19+,22+/m1/s1. The quantitative estimate of drug-likeness (QED) is 0.786. The topological polar surface area (TPSA) is 72.2 Å². The van der Waals surface area contributed by atoms with Gasteiger partial charge in [-0.25, -0.2) is 13.6 Å². The van der Waals surface area contributed by atoms with Crippen LogP contribution in [-0.4, -0.2) is 14.5 Å². The van der Waals surface area contributed by atoms with E-state index in [2.05, 4.69) is 53.9 Å². The third kappa shape index (κ3) is 2.82. The Balaban J connectivity index is 1.55. The number of allylic oxidation sites excluding steroid dienone is 2. The highest BCUT2D eigenvalue weighted by atomic mass is 32.2. The fraction of sp³-hybridized carbons (Fsp3) is 0.273. The normalized spacial score (nSPS) is 28.2. The van der Waals surface area contributed by atoms with Crippen molar-refractivity contribution in [3.05, 3.63) is 70.6 Å². The third-order valence-corrected chi connectivity index (χ3v) is 7.08. The second-order valence-corrected chi connectivity index (χ2v) is 9.28. The van der Waals surface area contributed by atoms with Crippen molar-refractivity contribution >= 4 is 27.9 Å². The first-order valence-electron chi connectivity index (χ1n) is 9.38. The Morgan fingerprint density at radius 3 is 2.67 bits per heavy atom. The number of primary sulfonamides is 1. The molecule has 0 radical (unpaired) electrons. The molecular weight excluding hydrogens is 356 g/mol. The maximum atomic E-state index is 11.8. The van der Waals surface area contributed by atoms with Gasteiger partial charge < -0.3 is 5.32 Å². The zero-order valence-electron chi connectivity index (χ0n) is 14.9. The molecule has 3 N–H and O–H groups in total. The van der Waals surface area contributed by atoms with Crippen LogP contribution in [0.15, 0.2) is 59.5 Å². The van der Waals surface area contributed by atoms with Gasteiger partial charge in [-0.2, -0.15) is 0 Å². The number of nitrogens with one attached hydrogen (secondary N) is 1. The van der Waals surface area contributed by atoms with Gasteiger partial charge in [-0.05, 0) is 53.0 Å². The highest BCUT2D eigenvalue weighted by Crippen LogP contribution is 2.47. The van der Waals surface area contributed by atoms with Crippen molar-refractivity contribution in [3.8, 4) is 0 Å². The van der Waals surface area contributed by atoms with Crippen molar-refractivity contribution in [2.75, 3.05) is 5.32 Å². The lowest BCUT2D eigenvalue weighted by Crippen LogP contribution is -2.43. The summed E-state index contributed by atoms with van der Waals surface area (Å²) in [6, 6.07) is 14.0. The van der Waals surface area contributed by atoms with Gasteiger partial charge >= 0.3 is 0 Å². The van der Waals surface area contributed by atoms with Crippen molar-refractivity contribution < 1.29 is 8.42 Å². The molecule has 2 aromatic carbocycles. The molecule has 1 unspecified atom stereocenters. The van der Waals surface area contributed by atoms with E-state index < -0.39 is 10.0 Å². The molecule has 0 amide bonds. The molecule has 4 nitrogen and oxygen atoms in total. The minimum atomic E-state index is -3.70. The summed E-state index contributed by atoms with van der Waals surface area (Å²) in [6.07, 6.45) is 11.2. The molecule has 0 bridgehead atoms. The second kappa shape index (κ2) is 6.08. The predicted octanol–water partition coefficient (Wildman–Crippen LogP) is 2.07. The number of hydrogen-bond donors (Lipinski definition) is 2. The summed E-state index contributed by atoms with van der Waals surface area (Å²) in [6.45, 7) is 0. The summed E-state index contributed by atoms with van der Waals surface area (Å²) in [7, 11) is -3.70. The van der Waals surface area contributed by atoms with Gasteiger partial charge in [0.2, 0.25) is 10.0 Å². The number of sulfonamides is 1. The molecule has 4 atom stereocenters. The van der Waals surface area contributed by atoms with Crippen LogP contribution in [-0.2, 0) is 10.0 Å². The maximum Gasteiger partial charge on any atom is 0.238 e. The molecule has 0 spiro atoms. The van der Waals surface area contributed by atoms with E-state index in [0.717, 1.165) is 24.1 Å². The van der Waals surface area contributed by atoms with Gasteiger partial charge in [0.15, 0.2) is 0 Å². The molecule has 5 rings (SSSR count). The first-order chi connectivity index (χ1) is 13.0. The Morgan fingerprint density at radius 1 is 1.04 bits per heavy atom. The van der Waals surface area contributed by atoms with Gasteiger partial charge in [0, 0.05) is 23.6 Å². The van der Waals surface area contributed by atoms with E-state index in [1.807, 2.05) is 6.07 Å². The van der Waals surface area contributed by atoms with E-state index in [9.17, 15) is 8.42 Å². The van der Waals surface area contributed by atoms with Crippen LogP contribution in [0.25, 0.3) is 12.2 Å². The van der Waals surface area contributed by atoms with E-state index in [1.54, 1.807) is 12.1 Å². The van der Waals surface area contributed by atoms with Crippen LogP contribution in [0.2, 0.25) is 0 Å². The average molecular weight is 378 g/mol. The molecule has 0 saturated heterocycles. The zero-order chi connectivity index (χ0) is 18.6. The first-order valence-corrected chi connectivity index (χ1v) is 10.9. The molecule has 5 heteroatoms. The Kier molecular flexibility index (Phi) is 3.78. The largest absolute Gasteiger partial charge is 0.381 e. The third-order valence-electron chi connectivity index (χ3n) is 6.17. The monoisotopic (exact) mass is 378 g/mol. The summed E-state index contributed by atoms with van der Waals surface area (Å²) in [5.41, 5.74) is 2.06. The van der Waals surface area contributed by atoms with Crippen LogP contribution in [0.3, 0.4) is 0 Å². The zero-order valence-corrected chi connectivity index (χ0v) is 15.7. The Bertz CT molecular complexity index is 1170. The Hall–Kier alpha value is -2.37. The van der Waals surface area contributed by atoms with Crippen molar-refractivity contribution in [2.24, 2.45) is 17.0 Å². The van der Waals surface area contributed by atoms with Gasteiger partial charge in [-0.3, -0.25) is 0 Å². The molecule has 2 aliphatic carbocycles. The number of rotatable bonds is 2. The summed E-state index contributed by atoms with van der Waals surface area (Å²) in [4.78, 5) is 0.187. The number of fused-ring (bicyclic) bond motifs is 4. The van der Waals surface area contributed by atoms with Crippen molar-refractivity contribution in [2.45, 2.75) is 29.7 Å². The molecule has 0 saturated carbocycles. The lowest BCUT2D eigenvalue weighted by molar-refractivity contribution is 0.361. The molecule has 2 aromatic rings. The minimum absolute atomic E-state index is 0.187. The first kappa shape index (κ1) is 16.8. The van der Waals surface area contributed by atoms with Crippen LogP contribution in [0.5, 0.6) is 0 Å². The number of benzene rings is 2. The van der Waals surface area contributed by atoms with Gasteiger partial charge in [0.1, 0.15) is 0 Å². The van der Waals surface area contributed by atoms with Crippen LogP contribution in [0, 0.1) is 11.8 Å². The second-order valence-electron chi connectivity index (χ2n) is 7.72. The number of hydrogen-bond acceptors (Lipinski definition) is 3. The number of nitrogens with two attached hydrogens (primary N) is 1. The molecule has 1 heterocycles. The van der Waals surface area contributed by atoms with Crippen molar-refractivity contribution in [3.63, 3.8) is 0 Å². The van der Waals surface area contributed by atoms with E-state index in [1.165, 1.54) is 10.4 Å². The van der Waals surface area contributed by atoms with Crippen LogP contribution < -0.4 is 20.9 Å². The molecule has 138 valence electrons. The summed E-state index contributed by atoms with van der Waals surface area (Å²) in [5, 5.41) is 11.7. The van der Waals surface area contributed by atoms with E-state index >= 15 is 0 Å². The SMILES string of the molecule is NS(=O)(=O)c1ccc2c(c1)[C@@H]1C=CC[C@@H]1[C@H](C1C=c3ccccc3=CC1)N2. The van der Waals surface area contributed by atoms with E-state index in [4.69, 9.17) is 5.14 Å². The lowest BCUT2D eigenvalue weighted by Gasteiger charge is -2.41. The maximum absolute atomic E-state index is 11.8. The van der Waals surface area contributed by atoms with Crippen LogP contribution in [0.1, 0.15) is 24.3 Å². The smallest absolute Gasteiger partial charge is 0.238 e. The van der Waals surface area contributed by atoms with Crippen molar-refractivity contribution in [1.82, 2.24) is 0 Å². The number of anilines is 1. The molecule has 27 heavy (non-hydrogen) atoms. The fourth-order valence-corrected chi connectivity index (χ4v) is 5.42. The van der Waals surface area contributed by atoms with E-state index in [0.29, 0.717) is 17.9 Å². The Morgan fingerprint density at radius 2 is 1.85 bits per heavy atom. The van der Waals surface area contributed by atoms with Crippen LogP contribution in [0.4, 0.5) is 5.69 Å². The van der Waals surface area contributed by atoms with Gasteiger partial charge in [-0.15, -0.1) is 0 Å². The lowest BCUT2D eigenvalue weighted by atomic mass is 9.73. The highest BCUT2D eigenvalue weighted by Gasteiger charge is 2.40. The summed E-state index contributed by atoms with van der Waals surface area (Å²) in [5.74, 6) is 1.07. The minimum Gasteiger partial charge on any atom is -0.381 e. The molecule has 3 aliphatic rings. The molecule has 0 fully saturated rings. The van der Waals surface area contributed by atoms with Gasteiger partial charge in [0.25, 0.3) is 0 Å².